The molecule has 0 rings (SSSR count). The summed E-state index contributed by atoms with van der Waals surface area (Å²) in [6.07, 6.45) is 7.80. The first-order valence-electron chi connectivity index (χ1n) is 7.82. The van der Waals surface area contributed by atoms with Crippen molar-refractivity contribution in [2.75, 3.05) is 13.2 Å². The van der Waals surface area contributed by atoms with Crippen LogP contribution in [-0.4, -0.2) is 35.9 Å². The first-order chi connectivity index (χ1) is 9.81. The second kappa shape index (κ2) is 11.5. The number of unbranched alkanes of at least 4 members (excludes halogenated alkanes) is 6. The lowest BCUT2D eigenvalue weighted by Gasteiger charge is -2.19. The molecule has 0 bridgehead atoms. The number of ether oxygens (including phenoxy) is 2. The molecule has 0 aromatic carbocycles. The van der Waals surface area contributed by atoms with Crippen molar-refractivity contribution in [1.29, 1.82) is 0 Å². The molecule has 0 fully saturated rings. The van der Waals surface area contributed by atoms with Gasteiger partial charge in [0, 0.05) is 13.0 Å². The third kappa shape index (κ3) is 16.8. The van der Waals surface area contributed by atoms with Gasteiger partial charge in [-0.25, -0.2) is 4.79 Å². The van der Waals surface area contributed by atoms with Gasteiger partial charge in [-0.1, -0.05) is 32.1 Å². The minimum atomic E-state index is -0.917. The van der Waals surface area contributed by atoms with Crippen LogP contribution in [-0.2, 0) is 19.1 Å². The molecule has 0 aromatic heterocycles. The molecule has 0 radical (unpaired) electrons. The minimum Gasteiger partial charge on any atom is -0.480 e. The van der Waals surface area contributed by atoms with Gasteiger partial charge in [-0.2, -0.15) is 0 Å². The van der Waals surface area contributed by atoms with Crippen LogP contribution in [0.2, 0.25) is 0 Å². The van der Waals surface area contributed by atoms with Crippen molar-refractivity contribution in [2.45, 2.75) is 77.7 Å². The van der Waals surface area contributed by atoms with E-state index in [4.69, 9.17) is 14.6 Å². The van der Waals surface area contributed by atoms with Gasteiger partial charge in [0.05, 0.1) is 0 Å². The first-order valence-corrected chi connectivity index (χ1v) is 7.82. The zero-order valence-electron chi connectivity index (χ0n) is 13.7. The van der Waals surface area contributed by atoms with Crippen molar-refractivity contribution in [2.24, 2.45) is 0 Å². The number of carbonyl (C=O) groups is 2. The Hall–Kier alpha value is -1.10. The second-order valence-electron chi connectivity index (χ2n) is 6.26. The molecule has 0 saturated carbocycles. The fraction of sp³-hybridized carbons (Fsp3) is 0.875. The summed E-state index contributed by atoms with van der Waals surface area (Å²) >= 11 is 0. The highest BCUT2D eigenvalue weighted by atomic mass is 16.6. The zero-order chi connectivity index (χ0) is 16.1. The normalized spacial score (nSPS) is 11.4. The van der Waals surface area contributed by atoms with Gasteiger partial charge >= 0.3 is 11.9 Å². The van der Waals surface area contributed by atoms with Gasteiger partial charge in [0.25, 0.3) is 0 Å². The Kier molecular flexibility index (Phi) is 10.9. The van der Waals surface area contributed by atoms with Gasteiger partial charge in [-0.05, 0) is 33.6 Å². The maximum absolute atomic E-state index is 11.5. The van der Waals surface area contributed by atoms with E-state index in [-0.39, 0.29) is 18.2 Å². The second-order valence-corrected chi connectivity index (χ2v) is 6.26. The van der Waals surface area contributed by atoms with Crippen molar-refractivity contribution in [3.8, 4) is 0 Å². The summed E-state index contributed by atoms with van der Waals surface area (Å²) in [6.45, 7) is 5.96. The minimum absolute atomic E-state index is 0.113. The highest BCUT2D eigenvalue weighted by molar-refractivity contribution is 5.69. The van der Waals surface area contributed by atoms with E-state index in [0.717, 1.165) is 44.9 Å². The van der Waals surface area contributed by atoms with Gasteiger partial charge in [-0.3, -0.25) is 4.79 Å². The smallest absolute Gasteiger partial charge is 0.329 e. The summed E-state index contributed by atoms with van der Waals surface area (Å²) in [6, 6.07) is 0. The van der Waals surface area contributed by atoms with E-state index in [1.165, 1.54) is 0 Å². The molecular weight excluding hydrogens is 272 g/mol. The Labute approximate surface area is 128 Å². The van der Waals surface area contributed by atoms with Crippen LogP contribution in [0.3, 0.4) is 0 Å². The van der Waals surface area contributed by atoms with Gasteiger partial charge < -0.3 is 14.6 Å². The van der Waals surface area contributed by atoms with Crippen molar-refractivity contribution < 1.29 is 24.2 Å². The molecule has 0 heterocycles. The van der Waals surface area contributed by atoms with Crippen LogP contribution < -0.4 is 0 Å². The molecule has 0 unspecified atom stereocenters. The molecule has 0 aliphatic rings. The van der Waals surface area contributed by atoms with Gasteiger partial charge in [-0.15, -0.1) is 0 Å². The van der Waals surface area contributed by atoms with Gasteiger partial charge in [0.2, 0.25) is 0 Å². The van der Waals surface area contributed by atoms with Crippen LogP contribution in [0.4, 0.5) is 0 Å². The molecule has 5 heteroatoms. The molecule has 0 spiro atoms. The summed E-state index contributed by atoms with van der Waals surface area (Å²) in [4.78, 5) is 21.7. The fourth-order valence-corrected chi connectivity index (χ4v) is 1.91. The number of esters is 1. The molecule has 0 aromatic rings. The average molecular weight is 302 g/mol. The molecule has 0 amide bonds. The third-order valence-corrected chi connectivity index (χ3v) is 2.82. The van der Waals surface area contributed by atoms with E-state index >= 15 is 0 Å². The largest absolute Gasteiger partial charge is 0.480 e. The quantitative estimate of drug-likeness (QED) is 0.441. The number of rotatable bonds is 12. The summed E-state index contributed by atoms with van der Waals surface area (Å²) in [7, 11) is 0. The topological polar surface area (TPSA) is 72.8 Å². The standard InChI is InChI=1S/C16H30O5/c1-16(2,3)21-15(19)11-9-7-5-4-6-8-10-12-20-13-14(17)18/h4-13H2,1-3H3,(H,17,18). The molecule has 5 nitrogen and oxygen atoms in total. The predicted octanol–water partition coefficient (Wildman–Crippen LogP) is 3.55. The van der Waals surface area contributed by atoms with Crippen LogP contribution in [0.15, 0.2) is 0 Å². The van der Waals surface area contributed by atoms with E-state index in [9.17, 15) is 9.59 Å². The molecule has 124 valence electrons. The fourth-order valence-electron chi connectivity index (χ4n) is 1.91. The van der Waals surface area contributed by atoms with Crippen molar-refractivity contribution in [3.05, 3.63) is 0 Å². The van der Waals surface area contributed by atoms with Crippen LogP contribution >= 0.6 is 0 Å². The van der Waals surface area contributed by atoms with Crippen molar-refractivity contribution in [3.63, 3.8) is 0 Å². The van der Waals surface area contributed by atoms with E-state index < -0.39 is 5.97 Å². The van der Waals surface area contributed by atoms with Crippen LogP contribution in [0.5, 0.6) is 0 Å². The van der Waals surface area contributed by atoms with E-state index in [1.807, 2.05) is 20.8 Å². The summed E-state index contributed by atoms with van der Waals surface area (Å²) in [5.74, 6) is -1.03. The average Bonchev–Trinajstić information content (AvgIpc) is 2.33. The lowest BCUT2D eigenvalue weighted by Crippen LogP contribution is -2.23. The number of hydrogen-bond acceptors (Lipinski definition) is 4. The Balaban J connectivity index is 3.22. The maximum Gasteiger partial charge on any atom is 0.329 e. The lowest BCUT2D eigenvalue weighted by atomic mass is 10.1. The Morgan fingerprint density at radius 3 is 1.95 bits per heavy atom. The number of carboxylic acids is 1. The third-order valence-electron chi connectivity index (χ3n) is 2.82. The maximum atomic E-state index is 11.5. The lowest BCUT2D eigenvalue weighted by molar-refractivity contribution is -0.155. The van der Waals surface area contributed by atoms with E-state index in [0.29, 0.717) is 13.0 Å². The summed E-state index contributed by atoms with van der Waals surface area (Å²) in [5, 5.41) is 8.38. The van der Waals surface area contributed by atoms with E-state index in [2.05, 4.69) is 0 Å². The number of aliphatic carboxylic acids is 1. The molecule has 0 aliphatic heterocycles. The zero-order valence-corrected chi connectivity index (χ0v) is 13.7. The SMILES string of the molecule is CC(C)(C)OC(=O)CCCCCCCCCOCC(=O)O. The van der Waals surface area contributed by atoms with Gasteiger partial charge in [0.1, 0.15) is 12.2 Å². The Morgan fingerprint density at radius 1 is 0.905 bits per heavy atom. The molecule has 0 atom stereocenters. The van der Waals surface area contributed by atoms with Crippen molar-refractivity contribution >= 4 is 11.9 Å². The molecular formula is C16H30O5. The summed E-state index contributed by atoms with van der Waals surface area (Å²) < 4.78 is 10.2. The van der Waals surface area contributed by atoms with Crippen LogP contribution in [0, 0.1) is 0 Å². The number of carboxylic acid groups (broad SMARTS) is 1. The monoisotopic (exact) mass is 302 g/mol. The highest BCUT2D eigenvalue weighted by Gasteiger charge is 2.15. The van der Waals surface area contributed by atoms with Crippen LogP contribution in [0.1, 0.15) is 72.1 Å². The van der Waals surface area contributed by atoms with Crippen molar-refractivity contribution in [1.82, 2.24) is 0 Å². The van der Waals surface area contributed by atoms with E-state index in [1.54, 1.807) is 0 Å². The predicted molar refractivity (Wildman–Crippen MR) is 81.2 cm³/mol. The number of hydrogen-bond donors (Lipinski definition) is 1. The summed E-state index contributed by atoms with van der Waals surface area (Å²) in [5.41, 5.74) is -0.389. The van der Waals surface area contributed by atoms with Gasteiger partial charge in [0.15, 0.2) is 0 Å². The van der Waals surface area contributed by atoms with Crippen LogP contribution in [0.25, 0.3) is 0 Å². The highest BCUT2D eigenvalue weighted by Crippen LogP contribution is 2.12. The molecule has 21 heavy (non-hydrogen) atoms. The molecule has 0 aliphatic carbocycles. The Bertz CT molecular complexity index is 294. The number of carbonyl (C=O) groups excluding carboxylic acids is 1. The molecule has 1 N–H and O–H groups in total. The Morgan fingerprint density at radius 2 is 1.43 bits per heavy atom. The molecule has 0 saturated heterocycles. The first kappa shape index (κ1) is 19.9.